The molecule has 0 saturated heterocycles. The summed E-state index contributed by atoms with van der Waals surface area (Å²) >= 11 is 0. The van der Waals surface area contributed by atoms with Crippen LogP contribution in [-0.2, 0) is 19.2 Å². The predicted molar refractivity (Wildman–Crippen MR) is 104 cm³/mol. The topological polar surface area (TPSA) is 109 Å². The lowest BCUT2D eigenvalue weighted by molar-refractivity contribution is -0.165. The molecule has 154 valence electrons. The smallest absolute Gasteiger partial charge is 0.194 e. The lowest BCUT2D eigenvalue weighted by atomic mass is 9.46. The van der Waals surface area contributed by atoms with Crippen molar-refractivity contribution >= 4 is 23.1 Å². The average Bonchev–Trinajstić information content (AvgIpc) is 2.90. The summed E-state index contributed by atoms with van der Waals surface area (Å²) in [7, 11) is 0. The number of carbonyl (C=O) groups excluding carboxylic acids is 4. The second-order valence-electron chi connectivity index (χ2n) is 9.32. The third kappa shape index (κ3) is 2.30. The maximum atomic E-state index is 13.5. The molecular formula is C23H26O6. The summed E-state index contributed by atoms with van der Waals surface area (Å²) in [6.07, 6.45) is 6.62. The summed E-state index contributed by atoms with van der Waals surface area (Å²) in [4.78, 5) is 50.9. The van der Waals surface area contributed by atoms with Gasteiger partial charge in [-0.15, -0.1) is 0 Å². The molecule has 3 saturated carbocycles. The third-order valence-corrected chi connectivity index (χ3v) is 8.11. The molecule has 3 fully saturated rings. The van der Waals surface area contributed by atoms with Crippen LogP contribution < -0.4 is 0 Å². The average molecular weight is 398 g/mol. The van der Waals surface area contributed by atoms with Crippen LogP contribution in [0.25, 0.3) is 0 Å². The van der Waals surface area contributed by atoms with E-state index in [4.69, 9.17) is 0 Å². The van der Waals surface area contributed by atoms with Crippen molar-refractivity contribution in [1.29, 1.82) is 0 Å². The van der Waals surface area contributed by atoms with E-state index in [9.17, 15) is 29.4 Å². The Labute approximate surface area is 169 Å². The number of hydrogen-bond donors (Lipinski definition) is 2. The van der Waals surface area contributed by atoms with E-state index in [0.717, 1.165) is 0 Å². The Hall–Kier alpha value is -2.18. The molecule has 0 radical (unpaired) electrons. The summed E-state index contributed by atoms with van der Waals surface area (Å²) < 4.78 is 0. The minimum atomic E-state index is -1.92. The van der Waals surface area contributed by atoms with Crippen LogP contribution in [0.4, 0.5) is 0 Å². The highest BCUT2D eigenvalue weighted by atomic mass is 16.3. The normalized spacial score (nSPS) is 45.0. The first-order chi connectivity index (χ1) is 13.5. The molecular weight excluding hydrogens is 372 g/mol. The van der Waals surface area contributed by atoms with Crippen molar-refractivity contribution in [3.05, 3.63) is 35.5 Å². The van der Waals surface area contributed by atoms with Crippen molar-refractivity contribution in [1.82, 2.24) is 0 Å². The Kier molecular flexibility index (Phi) is 4.27. The van der Waals surface area contributed by atoms with Crippen LogP contribution in [0.1, 0.15) is 40.0 Å². The van der Waals surface area contributed by atoms with Crippen LogP contribution in [-0.4, -0.2) is 45.6 Å². The summed E-state index contributed by atoms with van der Waals surface area (Å²) in [5.41, 5.74) is -2.97. The summed E-state index contributed by atoms with van der Waals surface area (Å²) in [6, 6.07) is 0. The molecule has 0 aromatic carbocycles. The fraction of sp³-hybridized carbons (Fsp3) is 0.565. The highest BCUT2D eigenvalue weighted by Crippen LogP contribution is 2.66. The first-order valence-corrected chi connectivity index (χ1v) is 10.1. The largest absolute Gasteiger partial charge is 0.388 e. The van der Waals surface area contributed by atoms with Gasteiger partial charge >= 0.3 is 0 Å². The van der Waals surface area contributed by atoms with Gasteiger partial charge in [0.1, 0.15) is 12.4 Å². The number of aliphatic hydroxyl groups is 2. The fourth-order valence-corrected chi connectivity index (χ4v) is 6.72. The molecule has 4 aliphatic rings. The molecule has 0 aliphatic heterocycles. The number of allylic oxidation sites excluding steroid dienone is 5. The van der Waals surface area contributed by atoms with Gasteiger partial charge in [-0.25, -0.2) is 0 Å². The van der Waals surface area contributed by atoms with Crippen LogP contribution in [0, 0.1) is 28.6 Å². The van der Waals surface area contributed by atoms with E-state index >= 15 is 0 Å². The monoisotopic (exact) mass is 398 g/mol. The van der Waals surface area contributed by atoms with Gasteiger partial charge in [-0.3, -0.25) is 19.2 Å². The molecule has 0 heterocycles. The zero-order valence-electron chi connectivity index (χ0n) is 16.9. The molecule has 6 nitrogen and oxygen atoms in total. The molecule has 0 aromatic rings. The number of Topliss-reactive ketones (excluding diaryl/α,β-unsaturated/α-hetero) is 3. The van der Waals surface area contributed by atoms with E-state index in [1.54, 1.807) is 26.0 Å². The number of fused-ring (bicyclic) bond motifs is 5. The van der Waals surface area contributed by atoms with Gasteiger partial charge in [-0.2, -0.15) is 0 Å². The Morgan fingerprint density at radius 1 is 1.24 bits per heavy atom. The van der Waals surface area contributed by atoms with Gasteiger partial charge in [0.15, 0.2) is 23.0 Å². The number of ketones is 4. The second kappa shape index (κ2) is 6.16. The van der Waals surface area contributed by atoms with Crippen LogP contribution in [0.15, 0.2) is 35.5 Å². The number of hydrogen-bond acceptors (Lipinski definition) is 6. The number of rotatable bonds is 2. The van der Waals surface area contributed by atoms with E-state index in [0.29, 0.717) is 17.6 Å². The number of carbonyl (C=O) groups is 4. The standard InChI is InChI=1S/C23H26O6/c1-4-12-7-15-14-9-17(26)16-8-13(25)5-6-21(16,2)20(14)18(27)10-22(15,3)23(12,29)19(28)11-24/h4-6,8,14-15,20,24,29H,7,9-11H2,1-3H3/t14-,15-,20+,21-,22-,23-/m0/s1. The molecule has 0 aromatic heterocycles. The minimum absolute atomic E-state index is 0.0166. The third-order valence-electron chi connectivity index (χ3n) is 8.11. The van der Waals surface area contributed by atoms with E-state index < -0.39 is 34.7 Å². The fourth-order valence-electron chi connectivity index (χ4n) is 6.72. The van der Waals surface area contributed by atoms with Crippen LogP contribution >= 0.6 is 0 Å². The predicted octanol–water partition coefficient (Wildman–Crippen LogP) is 1.50. The molecule has 0 spiro atoms. The van der Waals surface area contributed by atoms with Crippen molar-refractivity contribution in [2.24, 2.45) is 28.6 Å². The SMILES string of the molecule is CC=C1C[C@H]2[C@@H]3CC(=O)C4=CC(=O)C=C[C@]4(C)[C@H]3C(=O)C[C@]2(C)[C@@]1(O)C(=O)CO. The molecule has 0 bridgehead atoms. The van der Waals surface area contributed by atoms with Gasteiger partial charge < -0.3 is 10.2 Å². The first kappa shape index (κ1) is 20.1. The molecule has 0 unspecified atom stereocenters. The van der Waals surface area contributed by atoms with E-state index in [-0.39, 0.29) is 42.0 Å². The maximum absolute atomic E-state index is 13.5. The van der Waals surface area contributed by atoms with Crippen LogP contribution in [0.5, 0.6) is 0 Å². The zero-order chi connectivity index (χ0) is 21.4. The maximum Gasteiger partial charge on any atom is 0.194 e. The van der Waals surface area contributed by atoms with Crippen molar-refractivity contribution in [3.63, 3.8) is 0 Å². The molecule has 29 heavy (non-hydrogen) atoms. The first-order valence-electron chi connectivity index (χ1n) is 10.1. The Bertz CT molecular complexity index is 939. The molecule has 4 rings (SSSR count). The van der Waals surface area contributed by atoms with Gasteiger partial charge in [0.05, 0.1) is 0 Å². The molecule has 4 aliphatic carbocycles. The van der Waals surface area contributed by atoms with E-state index in [1.165, 1.54) is 12.2 Å². The van der Waals surface area contributed by atoms with Gasteiger partial charge in [0.2, 0.25) is 0 Å². The van der Waals surface area contributed by atoms with Crippen molar-refractivity contribution < 1.29 is 29.4 Å². The van der Waals surface area contributed by atoms with E-state index in [1.807, 2.05) is 6.92 Å². The minimum Gasteiger partial charge on any atom is -0.388 e. The lowest BCUT2D eigenvalue weighted by Crippen LogP contribution is -2.61. The molecule has 0 amide bonds. The Balaban J connectivity index is 1.86. The zero-order valence-corrected chi connectivity index (χ0v) is 16.9. The quantitative estimate of drug-likeness (QED) is 0.683. The molecule has 6 atom stereocenters. The Morgan fingerprint density at radius 3 is 2.55 bits per heavy atom. The Morgan fingerprint density at radius 2 is 1.93 bits per heavy atom. The molecule has 6 heteroatoms. The van der Waals surface area contributed by atoms with Crippen molar-refractivity contribution in [2.45, 2.75) is 45.6 Å². The van der Waals surface area contributed by atoms with Gasteiger partial charge in [0, 0.05) is 35.2 Å². The van der Waals surface area contributed by atoms with Crippen molar-refractivity contribution in [3.8, 4) is 0 Å². The van der Waals surface area contributed by atoms with Crippen LogP contribution in [0.3, 0.4) is 0 Å². The molecule has 2 N–H and O–H groups in total. The number of aliphatic hydroxyl groups excluding tert-OH is 1. The highest BCUT2D eigenvalue weighted by Gasteiger charge is 2.70. The van der Waals surface area contributed by atoms with E-state index in [2.05, 4.69) is 0 Å². The lowest BCUT2D eigenvalue weighted by Gasteiger charge is -2.55. The summed E-state index contributed by atoms with van der Waals surface area (Å²) in [5.74, 6) is -2.33. The summed E-state index contributed by atoms with van der Waals surface area (Å²) in [5, 5.41) is 21.0. The van der Waals surface area contributed by atoms with Crippen LogP contribution in [0.2, 0.25) is 0 Å². The van der Waals surface area contributed by atoms with Crippen molar-refractivity contribution in [2.75, 3.05) is 6.61 Å². The second-order valence-corrected chi connectivity index (χ2v) is 9.32. The summed E-state index contributed by atoms with van der Waals surface area (Å²) in [6.45, 7) is 4.48. The van der Waals surface area contributed by atoms with Gasteiger partial charge in [-0.05, 0) is 42.9 Å². The van der Waals surface area contributed by atoms with Gasteiger partial charge in [0.25, 0.3) is 0 Å². The van der Waals surface area contributed by atoms with Gasteiger partial charge in [-0.1, -0.05) is 26.0 Å². The highest BCUT2D eigenvalue weighted by molar-refractivity contribution is 6.11.